The minimum absolute atomic E-state index is 0.0124. The third kappa shape index (κ3) is 5.39. The molecule has 1 saturated heterocycles. The Morgan fingerprint density at radius 2 is 2.33 bits per heavy atom. The van der Waals surface area contributed by atoms with E-state index in [1.165, 1.54) is 0 Å². The number of nitrogens with one attached hydrogen (secondary N) is 2. The van der Waals surface area contributed by atoms with Crippen molar-refractivity contribution in [1.82, 2.24) is 10.6 Å². The van der Waals surface area contributed by atoms with E-state index < -0.39 is 0 Å². The molecule has 1 atom stereocenters. The van der Waals surface area contributed by atoms with Crippen molar-refractivity contribution in [2.75, 3.05) is 31.2 Å². The maximum atomic E-state index is 11.6. The van der Waals surface area contributed by atoms with Crippen LogP contribution in [0.15, 0.2) is 0 Å². The Morgan fingerprint density at radius 3 is 3.00 bits per heavy atom. The van der Waals surface area contributed by atoms with Gasteiger partial charge in [-0.2, -0.15) is 11.8 Å². The van der Waals surface area contributed by atoms with Crippen LogP contribution in [0.3, 0.4) is 0 Å². The summed E-state index contributed by atoms with van der Waals surface area (Å²) in [5.41, 5.74) is 0. The lowest BCUT2D eigenvalue weighted by Crippen LogP contribution is -2.49. The third-order valence-corrected chi connectivity index (χ3v) is 3.43. The van der Waals surface area contributed by atoms with E-state index in [4.69, 9.17) is 5.11 Å². The topological polar surface area (TPSA) is 61.4 Å². The lowest BCUT2D eigenvalue weighted by atomic mass is 10.2. The van der Waals surface area contributed by atoms with E-state index in [-0.39, 0.29) is 18.6 Å². The highest BCUT2D eigenvalue weighted by molar-refractivity contribution is 7.99. The summed E-state index contributed by atoms with van der Waals surface area (Å²) in [6.45, 7) is 1.89. The predicted octanol–water partition coefficient (Wildman–Crippen LogP) is -0.0298. The monoisotopic (exact) mass is 232 g/mol. The Balaban J connectivity index is 2.02. The molecule has 5 heteroatoms. The van der Waals surface area contributed by atoms with E-state index in [1.54, 1.807) is 0 Å². The molecule has 0 aliphatic carbocycles. The molecule has 4 nitrogen and oxygen atoms in total. The summed E-state index contributed by atoms with van der Waals surface area (Å²) in [6, 6.07) is -0.0124. The molecule has 1 heterocycles. The van der Waals surface area contributed by atoms with Crippen LogP contribution in [-0.2, 0) is 4.79 Å². The Morgan fingerprint density at radius 1 is 1.47 bits per heavy atom. The molecule has 1 unspecified atom stereocenters. The average molecular weight is 232 g/mol. The molecule has 1 rings (SSSR count). The summed E-state index contributed by atoms with van der Waals surface area (Å²) >= 11 is 1.82. The first-order valence-electron chi connectivity index (χ1n) is 5.54. The van der Waals surface area contributed by atoms with Crippen molar-refractivity contribution in [3.63, 3.8) is 0 Å². The summed E-state index contributed by atoms with van der Waals surface area (Å²) in [6.07, 6.45) is 2.75. The second kappa shape index (κ2) is 7.96. The minimum Gasteiger partial charge on any atom is -0.396 e. The number of unbranched alkanes of at least 4 members (excludes halogenated alkanes) is 2. The van der Waals surface area contributed by atoms with Gasteiger partial charge in [0.25, 0.3) is 0 Å². The Hall–Kier alpha value is -0.260. The fraction of sp³-hybridized carbons (Fsp3) is 0.900. The summed E-state index contributed by atoms with van der Waals surface area (Å²) in [5, 5.41) is 14.7. The second-order valence-corrected chi connectivity index (χ2v) is 4.81. The van der Waals surface area contributed by atoms with Crippen molar-refractivity contribution < 1.29 is 9.90 Å². The van der Waals surface area contributed by atoms with Gasteiger partial charge in [-0.05, 0) is 19.3 Å². The van der Waals surface area contributed by atoms with Gasteiger partial charge in [0.1, 0.15) is 0 Å². The van der Waals surface area contributed by atoms with Crippen molar-refractivity contribution in [3.05, 3.63) is 0 Å². The molecule has 0 aromatic rings. The summed E-state index contributed by atoms with van der Waals surface area (Å²) in [7, 11) is 0. The van der Waals surface area contributed by atoms with E-state index in [0.29, 0.717) is 0 Å². The van der Waals surface area contributed by atoms with Crippen molar-refractivity contribution in [1.29, 1.82) is 0 Å². The molecule has 0 aromatic carbocycles. The number of rotatable bonds is 6. The highest BCUT2D eigenvalue weighted by Gasteiger charge is 2.19. The molecule has 0 spiro atoms. The van der Waals surface area contributed by atoms with Crippen molar-refractivity contribution >= 4 is 17.7 Å². The molecule has 0 bridgehead atoms. The van der Waals surface area contributed by atoms with Gasteiger partial charge in [0.2, 0.25) is 5.91 Å². The smallest absolute Gasteiger partial charge is 0.237 e. The van der Waals surface area contributed by atoms with Gasteiger partial charge >= 0.3 is 0 Å². The van der Waals surface area contributed by atoms with E-state index in [9.17, 15) is 4.79 Å². The molecule has 0 saturated carbocycles. The fourth-order valence-electron chi connectivity index (χ4n) is 1.48. The Bertz CT molecular complexity index is 184. The van der Waals surface area contributed by atoms with Gasteiger partial charge in [-0.15, -0.1) is 0 Å². The molecule has 1 aliphatic heterocycles. The van der Waals surface area contributed by atoms with Crippen LogP contribution in [0.2, 0.25) is 0 Å². The number of hydrogen-bond donors (Lipinski definition) is 3. The lowest BCUT2D eigenvalue weighted by molar-refractivity contribution is -0.122. The van der Waals surface area contributed by atoms with E-state index in [2.05, 4.69) is 10.6 Å². The summed E-state index contributed by atoms with van der Waals surface area (Å²) < 4.78 is 0. The van der Waals surface area contributed by atoms with Crippen molar-refractivity contribution in [3.8, 4) is 0 Å². The van der Waals surface area contributed by atoms with Crippen LogP contribution in [0.25, 0.3) is 0 Å². The van der Waals surface area contributed by atoms with Crippen LogP contribution >= 0.6 is 11.8 Å². The fourth-order valence-corrected chi connectivity index (χ4v) is 2.42. The largest absolute Gasteiger partial charge is 0.396 e. The first kappa shape index (κ1) is 12.8. The van der Waals surface area contributed by atoms with Crippen LogP contribution in [0.1, 0.15) is 19.3 Å². The minimum atomic E-state index is -0.0124. The molecule has 1 aliphatic rings. The number of carbonyl (C=O) groups excluding carboxylic acids is 1. The maximum absolute atomic E-state index is 11.6. The molecule has 3 N–H and O–H groups in total. The summed E-state index contributed by atoms with van der Waals surface area (Å²) in [4.78, 5) is 11.6. The Labute approximate surface area is 95.2 Å². The first-order chi connectivity index (χ1) is 7.34. The number of aliphatic hydroxyl groups is 1. The first-order valence-corrected chi connectivity index (χ1v) is 6.70. The van der Waals surface area contributed by atoms with Gasteiger partial charge < -0.3 is 15.7 Å². The molecule has 1 amide bonds. The molecule has 88 valence electrons. The van der Waals surface area contributed by atoms with Crippen LogP contribution in [0, 0.1) is 0 Å². The van der Waals surface area contributed by atoms with E-state index >= 15 is 0 Å². The highest BCUT2D eigenvalue weighted by Crippen LogP contribution is 2.07. The van der Waals surface area contributed by atoms with Gasteiger partial charge in [0.05, 0.1) is 6.04 Å². The number of aliphatic hydroxyl groups excluding tert-OH is 1. The van der Waals surface area contributed by atoms with Crippen LogP contribution in [0.4, 0.5) is 0 Å². The average Bonchev–Trinajstić information content (AvgIpc) is 2.30. The van der Waals surface area contributed by atoms with Crippen LogP contribution in [-0.4, -0.2) is 48.3 Å². The predicted molar refractivity (Wildman–Crippen MR) is 63.1 cm³/mol. The van der Waals surface area contributed by atoms with E-state index in [1.807, 2.05) is 11.8 Å². The van der Waals surface area contributed by atoms with Crippen LogP contribution in [0.5, 0.6) is 0 Å². The van der Waals surface area contributed by atoms with Gasteiger partial charge in [-0.3, -0.25) is 4.79 Å². The standard InChI is InChI=1S/C10H20N2O2S/c13-6-3-1-2-4-12-10(14)9-8-15-7-5-11-9/h9,11,13H,1-8H2,(H,12,14). The van der Waals surface area contributed by atoms with Crippen LogP contribution < -0.4 is 10.6 Å². The SMILES string of the molecule is O=C(NCCCCCO)C1CSCCN1. The normalized spacial score (nSPS) is 21.3. The second-order valence-electron chi connectivity index (χ2n) is 3.66. The quantitative estimate of drug-likeness (QED) is 0.563. The number of hydrogen-bond acceptors (Lipinski definition) is 4. The molecular formula is C10H20N2O2S. The Kier molecular flexibility index (Phi) is 6.80. The van der Waals surface area contributed by atoms with Gasteiger partial charge in [-0.25, -0.2) is 0 Å². The van der Waals surface area contributed by atoms with Gasteiger partial charge in [0.15, 0.2) is 0 Å². The zero-order chi connectivity index (χ0) is 10.9. The molecular weight excluding hydrogens is 212 g/mol. The zero-order valence-electron chi connectivity index (χ0n) is 9.00. The zero-order valence-corrected chi connectivity index (χ0v) is 9.81. The molecule has 15 heavy (non-hydrogen) atoms. The molecule has 0 aromatic heterocycles. The lowest BCUT2D eigenvalue weighted by Gasteiger charge is -2.22. The summed E-state index contributed by atoms with van der Waals surface area (Å²) in [5.74, 6) is 2.09. The highest BCUT2D eigenvalue weighted by atomic mass is 32.2. The number of carbonyl (C=O) groups is 1. The van der Waals surface area contributed by atoms with Gasteiger partial charge in [0, 0.05) is 31.2 Å². The maximum Gasteiger partial charge on any atom is 0.237 e. The third-order valence-electron chi connectivity index (χ3n) is 2.37. The van der Waals surface area contributed by atoms with Gasteiger partial charge in [-0.1, -0.05) is 0 Å². The van der Waals surface area contributed by atoms with Crippen molar-refractivity contribution in [2.24, 2.45) is 0 Å². The van der Waals surface area contributed by atoms with E-state index in [0.717, 1.165) is 43.9 Å². The number of thioether (sulfide) groups is 1. The molecule has 0 radical (unpaired) electrons. The molecule has 1 fully saturated rings. The number of amides is 1. The van der Waals surface area contributed by atoms with Crippen molar-refractivity contribution in [2.45, 2.75) is 25.3 Å².